The Bertz CT molecular complexity index is 135. The van der Waals surface area contributed by atoms with E-state index in [9.17, 15) is 5.11 Å². The van der Waals surface area contributed by atoms with E-state index in [0.29, 0.717) is 6.54 Å². The second-order valence-electron chi connectivity index (χ2n) is 3.59. The van der Waals surface area contributed by atoms with Gasteiger partial charge in [-0.15, -0.1) is 0 Å². The van der Waals surface area contributed by atoms with E-state index >= 15 is 0 Å². The molecule has 0 spiro atoms. The minimum atomic E-state index is -0.856. The third-order valence-electron chi connectivity index (χ3n) is 1.92. The van der Waals surface area contributed by atoms with Crippen LogP contribution in [0.15, 0.2) is 0 Å². The van der Waals surface area contributed by atoms with Crippen molar-refractivity contribution < 1.29 is 20.1 Å². The number of rotatable bonds is 10. The van der Waals surface area contributed by atoms with Gasteiger partial charge in [0.1, 0.15) is 6.10 Å². The Kier molecular flexibility index (Phi) is 10.2. The number of unbranched alkanes of at least 4 members (excludes halogenated alkanes) is 1. The topological polar surface area (TPSA) is 82.0 Å². The molecule has 2 unspecified atom stereocenters. The summed E-state index contributed by atoms with van der Waals surface area (Å²) in [7, 11) is 0. The van der Waals surface area contributed by atoms with E-state index in [4.69, 9.17) is 14.9 Å². The van der Waals surface area contributed by atoms with Crippen LogP contribution in [0.25, 0.3) is 0 Å². The van der Waals surface area contributed by atoms with Gasteiger partial charge in [-0.3, -0.25) is 0 Å². The molecule has 0 aromatic heterocycles. The minimum absolute atomic E-state index is 0.0581. The molecule has 0 aromatic rings. The minimum Gasteiger partial charge on any atom is -0.394 e. The van der Waals surface area contributed by atoms with Crippen molar-refractivity contribution in [3.8, 4) is 0 Å². The van der Waals surface area contributed by atoms with Crippen LogP contribution in [0.4, 0.5) is 0 Å². The SMILES string of the molecule is CCCCNCC(O)COCC(O)CO. The van der Waals surface area contributed by atoms with Gasteiger partial charge in [-0.25, -0.2) is 0 Å². The normalized spacial score (nSPS) is 15.2. The maximum Gasteiger partial charge on any atom is 0.100 e. The lowest BCUT2D eigenvalue weighted by molar-refractivity contribution is -0.0236. The van der Waals surface area contributed by atoms with E-state index in [1.807, 2.05) is 0 Å². The first-order chi connectivity index (χ1) is 7.20. The number of aliphatic hydroxyl groups excluding tert-OH is 3. The predicted molar refractivity (Wildman–Crippen MR) is 57.7 cm³/mol. The van der Waals surface area contributed by atoms with E-state index in [1.54, 1.807) is 0 Å². The molecule has 92 valence electrons. The second-order valence-corrected chi connectivity index (χ2v) is 3.59. The van der Waals surface area contributed by atoms with Crippen molar-refractivity contribution >= 4 is 0 Å². The summed E-state index contributed by atoms with van der Waals surface area (Å²) in [6.07, 6.45) is 0.803. The maximum absolute atomic E-state index is 9.40. The van der Waals surface area contributed by atoms with Gasteiger partial charge in [0.15, 0.2) is 0 Å². The molecule has 0 heterocycles. The van der Waals surface area contributed by atoms with Crippen LogP contribution < -0.4 is 5.32 Å². The summed E-state index contributed by atoms with van der Waals surface area (Å²) in [6, 6.07) is 0. The molecule has 0 radical (unpaired) electrons. The van der Waals surface area contributed by atoms with Gasteiger partial charge >= 0.3 is 0 Å². The van der Waals surface area contributed by atoms with E-state index in [0.717, 1.165) is 19.4 Å². The summed E-state index contributed by atoms with van der Waals surface area (Å²) in [6.45, 7) is 3.42. The monoisotopic (exact) mass is 221 g/mol. The van der Waals surface area contributed by atoms with Crippen LogP contribution in [0, 0.1) is 0 Å². The predicted octanol–water partition coefficient (Wildman–Crippen LogP) is -0.893. The number of hydrogen-bond donors (Lipinski definition) is 4. The first-order valence-electron chi connectivity index (χ1n) is 5.46. The van der Waals surface area contributed by atoms with Gasteiger partial charge in [0.05, 0.1) is 25.9 Å². The lowest BCUT2D eigenvalue weighted by atomic mass is 10.3. The number of hydrogen-bond acceptors (Lipinski definition) is 5. The zero-order valence-corrected chi connectivity index (χ0v) is 9.35. The standard InChI is InChI=1S/C10H23NO4/c1-2-3-4-11-5-9(13)7-15-8-10(14)6-12/h9-14H,2-8H2,1H3. The van der Waals surface area contributed by atoms with Crippen LogP contribution >= 0.6 is 0 Å². The fourth-order valence-electron chi connectivity index (χ4n) is 1.02. The molecule has 0 amide bonds. The molecule has 4 N–H and O–H groups in total. The Morgan fingerprint density at radius 3 is 2.47 bits per heavy atom. The van der Waals surface area contributed by atoms with Crippen molar-refractivity contribution in [2.75, 3.05) is 32.9 Å². The molecule has 0 aromatic carbocycles. The summed E-state index contributed by atoms with van der Waals surface area (Å²) in [5, 5.41) is 29.9. The highest BCUT2D eigenvalue weighted by atomic mass is 16.5. The van der Waals surface area contributed by atoms with Crippen LogP contribution in [-0.4, -0.2) is 60.4 Å². The van der Waals surface area contributed by atoms with E-state index in [2.05, 4.69) is 12.2 Å². The molecule has 15 heavy (non-hydrogen) atoms. The van der Waals surface area contributed by atoms with Crippen molar-refractivity contribution in [3.05, 3.63) is 0 Å². The maximum atomic E-state index is 9.40. The Hall–Kier alpha value is -0.200. The zero-order chi connectivity index (χ0) is 11.5. The lowest BCUT2D eigenvalue weighted by Gasteiger charge is -2.13. The van der Waals surface area contributed by atoms with E-state index in [-0.39, 0.29) is 19.8 Å². The number of aliphatic hydroxyl groups is 3. The molecule has 5 heteroatoms. The Labute approximate surface area is 91.1 Å². The smallest absolute Gasteiger partial charge is 0.100 e. The third kappa shape index (κ3) is 10.1. The summed E-state index contributed by atoms with van der Waals surface area (Å²) in [4.78, 5) is 0. The third-order valence-corrected chi connectivity index (χ3v) is 1.92. The molecule has 0 fully saturated rings. The molecule has 5 nitrogen and oxygen atoms in total. The van der Waals surface area contributed by atoms with Gasteiger partial charge in [0, 0.05) is 6.54 Å². The van der Waals surface area contributed by atoms with Crippen molar-refractivity contribution in [1.82, 2.24) is 5.32 Å². The van der Waals surface area contributed by atoms with Crippen LogP contribution in [0.5, 0.6) is 0 Å². The molecule has 0 rings (SSSR count). The first kappa shape index (κ1) is 14.8. The van der Waals surface area contributed by atoms with Crippen LogP contribution in [0.3, 0.4) is 0 Å². The van der Waals surface area contributed by atoms with Gasteiger partial charge < -0.3 is 25.4 Å². The molecular weight excluding hydrogens is 198 g/mol. The van der Waals surface area contributed by atoms with Crippen molar-refractivity contribution in [3.63, 3.8) is 0 Å². The largest absolute Gasteiger partial charge is 0.394 e. The summed E-state index contributed by atoms with van der Waals surface area (Å²) < 4.78 is 5.01. The fourth-order valence-corrected chi connectivity index (χ4v) is 1.02. The van der Waals surface area contributed by atoms with Crippen LogP contribution in [0.2, 0.25) is 0 Å². The van der Waals surface area contributed by atoms with Crippen molar-refractivity contribution in [1.29, 1.82) is 0 Å². The lowest BCUT2D eigenvalue weighted by Crippen LogP contribution is -2.32. The fraction of sp³-hybridized carbons (Fsp3) is 1.00. The number of ether oxygens (including phenoxy) is 1. The number of nitrogens with one attached hydrogen (secondary N) is 1. The van der Waals surface area contributed by atoms with Crippen LogP contribution in [-0.2, 0) is 4.74 Å². The Morgan fingerprint density at radius 2 is 1.87 bits per heavy atom. The average Bonchev–Trinajstić information content (AvgIpc) is 2.24. The summed E-state index contributed by atoms with van der Waals surface area (Å²) in [5.41, 5.74) is 0. The van der Waals surface area contributed by atoms with E-state index in [1.165, 1.54) is 0 Å². The molecule has 0 aliphatic rings. The average molecular weight is 221 g/mol. The van der Waals surface area contributed by atoms with Gasteiger partial charge in [-0.05, 0) is 13.0 Å². The highest BCUT2D eigenvalue weighted by Crippen LogP contribution is 1.89. The summed E-state index contributed by atoms with van der Waals surface area (Å²) >= 11 is 0. The van der Waals surface area contributed by atoms with Crippen molar-refractivity contribution in [2.24, 2.45) is 0 Å². The zero-order valence-electron chi connectivity index (χ0n) is 9.35. The van der Waals surface area contributed by atoms with Gasteiger partial charge in [-0.2, -0.15) is 0 Å². The quantitative estimate of drug-likeness (QED) is 0.360. The highest BCUT2D eigenvalue weighted by Gasteiger charge is 2.06. The van der Waals surface area contributed by atoms with Gasteiger partial charge in [0.2, 0.25) is 0 Å². The molecular formula is C10H23NO4. The van der Waals surface area contributed by atoms with Gasteiger partial charge in [0.25, 0.3) is 0 Å². The van der Waals surface area contributed by atoms with E-state index < -0.39 is 12.2 Å². The molecule has 0 aliphatic heterocycles. The summed E-state index contributed by atoms with van der Waals surface area (Å²) in [5.74, 6) is 0. The molecule has 0 aliphatic carbocycles. The molecule has 0 bridgehead atoms. The first-order valence-corrected chi connectivity index (χ1v) is 5.46. The van der Waals surface area contributed by atoms with Crippen molar-refractivity contribution in [2.45, 2.75) is 32.0 Å². The van der Waals surface area contributed by atoms with Gasteiger partial charge in [-0.1, -0.05) is 13.3 Å². The second kappa shape index (κ2) is 10.3. The molecule has 0 saturated heterocycles. The Morgan fingerprint density at radius 1 is 1.20 bits per heavy atom. The molecule has 2 atom stereocenters. The molecule has 0 saturated carbocycles. The van der Waals surface area contributed by atoms with Crippen LogP contribution in [0.1, 0.15) is 19.8 Å². The highest BCUT2D eigenvalue weighted by molar-refractivity contribution is 4.59. The Balaban J connectivity index is 3.21.